The van der Waals surface area contributed by atoms with Gasteiger partial charge in [0.25, 0.3) is 0 Å². The van der Waals surface area contributed by atoms with E-state index in [-0.39, 0.29) is 12.2 Å². The lowest BCUT2D eigenvalue weighted by Gasteiger charge is -2.11. The molecule has 0 saturated heterocycles. The molecule has 112 valence electrons. The van der Waals surface area contributed by atoms with Crippen molar-refractivity contribution >= 4 is 37.8 Å². The number of rotatable bonds is 5. The second-order valence-electron chi connectivity index (χ2n) is 4.39. The fourth-order valence-electron chi connectivity index (χ4n) is 1.94. The monoisotopic (exact) mass is 416 g/mol. The Balaban J connectivity index is 2.29. The molecule has 5 nitrogen and oxygen atoms in total. The fraction of sp³-hybridized carbons (Fsp3) is 0.286. The summed E-state index contributed by atoms with van der Waals surface area (Å²) in [6.07, 6.45) is 0.809. The van der Waals surface area contributed by atoms with Gasteiger partial charge in [0.1, 0.15) is 17.9 Å². The molecule has 1 N–H and O–H groups in total. The van der Waals surface area contributed by atoms with E-state index in [1.54, 1.807) is 16.8 Å². The molecule has 0 saturated carbocycles. The lowest BCUT2D eigenvalue weighted by molar-refractivity contribution is 0.0691. The Hall–Kier alpha value is -1.34. The van der Waals surface area contributed by atoms with Crippen molar-refractivity contribution < 1.29 is 14.6 Å². The van der Waals surface area contributed by atoms with E-state index >= 15 is 0 Å². The summed E-state index contributed by atoms with van der Waals surface area (Å²) >= 11 is 6.83. The summed E-state index contributed by atoms with van der Waals surface area (Å²) < 4.78 is 8.96. The van der Waals surface area contributed by atoms with Crippen LogP contribution < -0.4 is 4.74 Å². The summed E-state index contributed by atoms with van der Waals surface area (Å²) in [4.78, 5) is 11.2. The molecular formula is C14H14Br2N2O3. The van der Waals surface area contributed by atoms with Gasteiger partial charge >= 0.3 is 5.97 Å². The van der Waals surface area contributed by atoms with Crippen LogP contribution in [0.5, 0.6) is 5.75 Å². The molecule has 0 amide bonds. The third kappa shape index (κ3) is 3.29. The summed E-state index contributed by atoms with van der Waals surface area (Å²) in [7, 11) is 1.83. The van der Waals surface area contributed by atoms with E-state index in [1.165, 1.54) is 6.07 Å². The number of carboxylic acid groups (broad SMARTS) is 1. The quantitative estimate of drug-likeness (QED) is 0.803. The zero-order valence-corrected chi connectivity index (χ0v) is 14.7. The van der Waals surface area contributed by atoms with Crippen LogP contribution in [0.1, 0.15) is 28.7 Å². The highest BCUT2D eigenvalue weighted by Crippen LogP contribution is 2.31. The van der Waals surface area contributed by atoms with Crippen molar-refractivity contribution in [1.82, 2.24) is 9.78 Å². The van der Waals surface area contributed by atoms with E-state index in [4.69, 9.17) is 4.74 Å². The predicted molar refractivity (Wildman–Crippen MR) is 85.7 cm³/mol. The van der Waals surface area contributed by atoms with Crippen molar-refractivity contribution in [1.29, 1.82) is 0 Å². The van der Waals surface area contributed by atoms with Gasteiger partial charge in [-0.1, -0.05) is 13.0 Å². The summed E-state index contributed by atoms with van der Waals surface area (Å²) in [5.41, 5.74) is 1.93. The molecule has 1 heterocycles. The van der Waals surface area contributed by atoms with Crippen LogP contribution in [0.2, 0.25) is 0 Å². The number of hydrogen-bond donors (Lipinski definition) is 1. The molecule has 0 spiro atoms. The summed E-state index contributed by atoms with van der Waals surface area (Å²) in [6, 6.07) is 4.92. The first-order valence-corrected chi connectivity index (χ1v) is 7.89. The third-order valence-electron chi connectivity index (χ3n) is 3.05. The highest BCUT2D eigenvalue weighted by molar-refractivity contribution is 9.10. The van der Waals surface area contributed by atoms with Gasteiger partial charge in [0.05, 0.1) is 20.3 Å². The zero-order valence-electron chi connectivity index (χ0n) is 11.6. The fourth-order valence-corrected chi connectivity index (χ4v) is 3.15. The molecule has 0 radical (unpaired) electrons. The lowest BCUT2D eigenvalue weighted by atomic mass is 10.2. The van der Waals surface area contributed by atoms with Crippen molar-refractivity contribution in [3.8, 4) is 5.75 Å². The highest BCUT2D eigenvalue weighted by Gasteiger charge is 2.17. The van der Waals surface area contributed by atoms with Gasteiger partial charge in [-0.25, -0.2) is 4.79 Å². The Morgan fingerprint density at radius 1 is 1.43 bits per heavy atom. The minimum atomic E-state index is -1.02. The molecule has 7 heteroatoms. The maximum atomic E-state index is 11.2. The van der Waals surface area contributed by atoms with Crippen LogP contribution in [0.4, 0.5) is 0 Å². The summed E-state index contributed by atoms with van der Waals surface area (Å²) in [5.74, 6) is -0.708. The number of hydrogen-bond acceptors (Lipinski definition) is 3. The largest absolute Gasteiger partial charge is 0.485 e. The molecule has 0 unspecified atom stereocenters. The summed E-state index contributed by atoms with van der Waals surface area (Å²) in [6.45, 7) is 2.25. The molecule has 0 atom stereocenters. The van der Waals surface area contributed by atoms with E-state index in [0.717, 1.165) is 22.3 Å². The van der Waals surface area contributed by atoms with Gasteiger partial charge in [0.2, 0.25) is 0 Å². The maximum absolute atomic E-state index is 11.2. The van der Waals surface area contributed by atoms with Crippen LogP contribution >= 0.6 is 31.9 Å². The number of carboxylic acids is 1. The molecule has 0 aliphatic carbocycles. The van der Waals surface area contributed by atoms with Crippen LogP contribution in [-0.2, 0) is 20.1 Å². The molecule has 2 rings (SSSR count). The van der Waals surface area contributed by atoms with Gasteiger partial charge in [-0.3, -0.25) is 4.68 Å². The zero-order chi connectivity index (χ0) is 15.6. The third-order valence-corrected chi connectivity index (χ3v) is 4.59. The van der Waals surface area contributed by atoms with Gasteiger partial charge < -0.3 is 9.84 Å². The average Bonchev–Trinajstić information content (AvgIpc) is 2.72. The van der Waals surface area contributed by atoms with Crippen molar-refractivity contribution in [2.24, 2.45) is 7.05 Å². The smallest absolute Gasteiger partial charge is 0.339 e. The van der Waals surface area contributed by atoms with Crippen molar-refractivity contribution in [2.75, 3.05) is 0 Å². The standard InChI is InChI=1S/C14H14Br2N2O3/c1-3-10-12(16)11(18(2)17-10)7-21-13-8(14(19)20)5-4-6-9(13)15/h4-6H,3,7H2,1-2H3,(H,19,20). The first-order chi connectivity index (χ1) is 9.95. The van der Waals surface area contributed by atoms with Crippen LogP contribution in [0, 0.1) is 0 Å². The van der Waals surface area contributed by atoms with E-state index in [1.807, 2.05) is 14.0 Å². The van der Waals surface area contributed by atoms with Crippen molar-refractivity contribution in [2.45, 2.75) is 20.0 Å². The second kappa shape index (κ2) is 6.62. The normalized spacial score (nSPS) is 10.7. The number of para-hydroxylation sites is 1. The van der Waals surface area contributed by atoms with Crippen molar-refractivity contribution in [3.63, 3.8) is 0 Å². The molecular weight excluding hydrogens is 404 g/mol. The average molecular weight is 418 g/mol. The number of nitrogens with zero attached hydrogens (tertiary/aromatic N) is 2. The van der Waals surface area contributed by atoms with Gasteiger partial charge in [0, 0.05) is 7.05 Å². The van der Waals surface area contributed by atoms with Crippen LogP contribution in [0.3, 0.4) is 0 Å². The molecule has 0 aliphatic heterocycles. The first-order valence-electron chi connectivity index (χ1n) is 6.30. The highest BCUT2D eigenvalue weighted by atomic mass is 79.9. The molecule has 0 fully saturated rings. The number of ether oxygens (including phenoxy) is 1. The van der Waals surface area contributed by atoms with E-state index in [0.29, 0.717) is 10.2 Å². The number of halogens is 2. The second-order valence-corrected chi connectivity index (χ2v) is 6.04. The van der Waals surface area contributed by atoms with Crippen LogP contribution in [-0.4, -0.2) is 20.9 Å². The number of benzene rings is 1. The first kappa shape index (κ1) is 16.0. The molecule has 2 aromatic rings. The van der Waals surface area contributed by atoms with E-state index < -0.39 is 5.97 Å². The van der Waals surface area contributed by atoms with E-state index in [2.05, 4.69) is 37.0 Å². The van der Waals surface area contributed by atoms with Gasteiger partial charge in [-0.05, 0) is 50.4 Å². The Morgan fingerprint density at radius 3 is 2.71 bits per heavy atom. The number of carbonyl (C=O) groups is 1. The van der Waals surface area contributed by atoms with Gasteiger partial charge in [0.15, 0.2) is 0 Å². The molecule has 0 aliphatic rings. The summed E-state index contributed by atoms with van der Waals surface area (Å²) in [5, 5.41) is 13.6. The van der Waals surface area contributed by atoms with Crippen LogP contribution in [0.15, 0.2) is 27.1 Å². The van der Waals surface area contributed by atoms with Gasteiger partial charge in [-0.2, -0.15) is 5.10 Å². The molecule has 21 heavy (non-hydrogen) atoms. The number of aromatic carboxylic acids is 1. The topological polar surface area (TPSA) is 64.4 Å². The maximum Gasteiger partial charge on any atom is 0.339 e. The van der Waals surface area contributed by atoms with Crippen LogP contribution in [0.25, 0.3) is 0 Å². The predicted octanol–water partition coefficient (Wildman–Crippen LogP) is 3.78. The molecule has 1 aromatic heterocycles. The Labute approximate surface area is 139 Å². The number of aromatic nitrogens is 2. The Morgan fingerprint density at radius 2 is 2.14 bits per heavy atom. The minimum absolute atomic E-state index is 0.124. The molecule has 0 bridgehead atoms. The number of aryl methyl sites for hydroxylation is 2. The minimum Gasteiger partial charge on any atom is -0.485 e. The van der Waals surface area contributed by atoms with Gasteiger partial charge in [-0.15, -0.1) is 0 Å². The Kier molecular flexibility index (Phi) is 5.05. The van der Waals surface area contributed by atoms with Crippen molar-refractivity contribution in [3.05, 3.63) is 44.1 Å². The van der Waals surface area contributed by atoms with E-state index in [9.17, 15) is 9.90 Å². The SMILES string of the molecule is CCc1nn(C)c(COc2c(Br)cccc2C(=O)O)c1Br. The lowest BCUT2D eigenvalue weighted by Crippen LogP contribution is -2.07. The Bertz CT molecular complexity index is 683. The molecule has 1 aromatic carbocycles.